The van der Waals surface area contributed by atoms with E-state index < -0.39 is 0 Å². The van der Waals surface area contributed by atoms with Crippen molar-refractivity contribution in [3.63, 3.8) is 0 Å². The summed E-state index contributed by atoms with van der Waals surface area (Å²) in [6.07, 6.45) is 2.78. The standard InChI is InChI=1S/C21H29N3O3/c1-27-16-15-23-10-7-18(19(23)25)22-11-13-24(14-12-22)20(26)21(8-9-21)17-5-3-2-4-6-17/h2-6,18H,7-16H2,1H3. The number of methoxy groups -OCH3 is 1. The third-order valence-corrected chi connectivity index (χ3v) is 6.36. The number of ether oxygens (including phenoxy) is 1. The van der Waals surface area contributed by atoms with Gasteiger partial charge in [-0.2, -0.15) is 0 Å². The molecule has 2 heterocycles. The van der Waals surface area contributed by atoms with Crippen LogP contribution in [0.15, 0.2) is 30.3 Å². The Hall–Kier alpha value is -1.92. The summed E-state index contributed by atoms with van der Waals surface area (Å²) in [7, 11) is 1.66. The van der Waals surface area contributed by atoms with Crippen molar-refractivity contribution < 1.29 is 14.3 Å². The first kappa shape index (κ1) is 18.4. The molecular formula is C21H29N3O3. The highest BCUT2D eigenvalue weighted by Crippen LogP contribution is 2.49. The minimum Gasteiger partial charge on any atom is -0.383 e. The summed E-state index contributed by atoms with van der Waals surface area (Å²) in [6.45, 7) is 5.07. The van der Waals surface area contributed by atoms with Crippen molar-refractivity contribution in [2.45, 2.75) is 30.7 Å². The maximum atomic E-state index is 13.2. The van der Waals surface area contributed by atoms with Crippen LogP contribution in [-0.4, -0.2) is 85.5 Å². The fraction of sp³-hybridized carbons (Fsp3) is 0.619. The van der Waals surface area contributed by atoms with Crippen LogP contribution in [0.1, 0.15) is 24.8 Å². The molecule has 0 radical (unpaired) electrons. The van der Waals surface area contributed by atoms with E-state index in [1.165, 1.54) is 0 Å². The van der Waals surface area contributed by atoms with E-state index in [0.717, 1.165) is 57.5 Å². The lowest BCUT2D eigenvalue weighted by Gasteiger charge is -2.38. The second kappa shape index (κ2) is 7.60. The maximum Gasteiger partial charge on any atom is 0.240 e. The number of rotatable bonds is 6. The molecule has 6 heteroatoms. The van der Waals surface area contributed by atoms with Crippen molar-refractivity contribution in [2.24, 2.45) is 0 Å². The van der Waals surface area contributed by atoms with Crippen molar-refractivity contribution in [1.82, 2.24) is 14.7 Å². The van der Waals surface area contributed by atoms with Gasteiger partial charge in [0.05, 0.1) is 18.1 Å². The fourth-order valence-corrected chi connectivity index (χ4v) is 4.53. The predicted molar refractivity (Wildman–Crippen MR) is 102 cm³/mol. The molecule has 2 saturated heterocycles. The second-order valence-corrected chi connectivity index (χ2v) is 7.90. The summed E-state index contributed by atoms with van der Waals surface area (Å²) < 4.78 is 5.10. The number of benzene rings is 1. The Morgan fingerprint density at radius 1 is 1.11 bits per heavy atom. The predicted octanol–water partition coefficient (Wildman–Crippen LogP) is 1.11. The molecule has 3 fully saturated rings. The number of carbonyl (C=O) groups excluding carboxylic acids is 2. The van der Waals surface area contributed by atoms with Gasteiger partial charge in [-0.15, -0.1) is 0 Å². The average Bonchev–Trinajstić information content (AvgIpc) is 3.45. The number of hydrogen-bond donors (Lipinski definition) is 0. The Morgan fingerprint density at radius 2 is 1.81 bits per heavy atom. The molecule has 1 aromatic carbocycles. The van der Waals surface area contributed by atoms with Crippen LogP contribution in [0.5, 0.6) is 0 Å². The van der Waals surface area contributed by atoms with Gasteiger partial charge < -0.3 is 14.5 Å². The summed E-state index contributed by atoms with van der Waals surface area (Å²) >= 11 is 0. The summed E-state index contributed by atoms with van der Waals surface area (Å²) in [5, 5.41) is 0. The Balaban J connectivity index is 1.33. The SMILES string of the molecule is COCCN1CCC(N2CCN(C(=O)C3(c4ccccc4)CC3)CC2)C1=O. The molecular weight excluding hydrogens is 342 g/mol. The summed E-state index contributed by atoms with van der Waals surface area (Å²) in [6, 6.07) is 10.2. The van der Waals surface area contributed by atoms with Gasteiger partial charge in [0.2, 0.25) is 11.8 Å². The van der Waals surface area contributed by atoms with Crippen molar-refractivity contribution in [2.75, 3.05) is 53.0 Å². The van der Waals surface area contributed by atoms with Gasteiger partial charge in [-0.05, 0) is 24.8 Å². The summed E-state index contributed by atoms with van der Waals surface area (Å²) in [5.41, 5.74) is 0.862. The van der Waals surface area contributed by atoms with Crippen LogP contribution in [0.3, 0.4) is 0 Å². The zero-order valence-electron chi connectivity index (χ0n) is 16.1. The first-order valence-corrected chi connectivity index (χ1v) is 10.0. The van der Waals surface area contributed by atoms with E-state index in [1.54, 1.807) is 7.11 Å². The summed E-state index contributed by atoms with van der Waals surface area (Å²) in [4.78, 5) is 32.0. The molecule has 2 amide bonds. The van der Waals surface area contributed by atoms with Gasteiger partial charge in [0.15, 0.2) is 0 Å². The topological polar surface area (TPSA) is 53.1 Å². The second-order valence-electron chi connectivity index (χ2n) is 7.90. The van der Waals surface area contributed by atoms with Gasteiger partial charge in [0.1, 0.15) is 0 Å². The summed E-state index contributed by atoms with van der Waals surface area (Å²) in [5.74, 6) is 0.489. The van der Waals surface area contributed by atoms with E-state index in [1.807, 2.05) is 28.0 Å². The molecule has 2 aliphatic heterocycles. The van der Waals surface area contributed by atoms with E-state index in [9.17, 15) is 9.59 Å². The molecule has 0 aromatic heterocycles. The Kier molecular flexibility index (Phi) is 5.19. The van der Waals surface area contributed by atoms with Crippen LogP contribution in [0.4, 0.5) is 0 Å². The molecule has 146 valence electrons. The van der Waals surface area contributed by atoms with Crippen molar-refractivity contribution in [3.05, 3.63) is 35.9 Å². The van der Waals surface area contributed by atoms with E-state index >= 15 is 0 Å². The molecule has 4 rings (SSSR count). The van der Waals surface area contributed by atoms with Crippen LogP contribution in [-0.2, 0) is 19.7 Å². The molecule has 3 aliphatic rings. The molecule has 1 atom stereocenters. The van der Waals surface area contributed by atoms with Crippen LogP contribution in [0, 0.1) is 0 Å². The Morgan fingerprint density at radius 3 is 2.44 bits per heavy atom. The molecule has 6 nitrogen and oxygen atoms in total. The van der Waals surface area contributed by atoms with Crippen LogP contribution in [0.2, 0.25) is 0 Å². The van der Waals surface area contributed by atoms with E-state index in [4.69, 9.17) is 4.74 Å². The number of nitrogens with zero attached hydrogens (tertiary/aromatic N) is 3. The van der Waals surface area contributed by atoms with E-state index in [2.05, 4.69) is 17.0 Å². The monoisotopic (exact) mass is 371 g/mol. The smallest absolute Gasteiger partial charge is 0.240 e. The van der Waals surface area contributed by atoms with Crippen LogP contribution < -0.4 is 0 Å². The Labute approximate surface area is 161 Å². The average molecular weight is 371 g/mol. The van der Waals surface area contributed by atoms with Gasteiger partial charge in [0.25, 0.3) is 0 Å². The van der Waals surface area contributed by atoms with Gasteiger partial charge in [0, 0.05) is 46.4 Å². The van der Waals surface area contributed by atoms with Crippen molar-refractivity contribution >= 4 is 11.8 Å². The minimum atomic E-state index is -0.288. The number of likely N-dealkylation sites (tertiary alicyclic amines) is 1. The Bertz CT molecular complexity index is 681. The van der Waals surface area contributed by atoms with E-state index in [0.29, 0.717) is 13.2 Å². The molecule has 1 saturated carbocycles. The largest absolute Gasteiger partial charge is 0.383 e. The van der Waals surface area contributed by atoms with Gasteiger partial charge >= 0.3 is 0 Å². The normalized spacial score (nSPS) is 25.1. The van der Waals surface area contributed by atoms with Crippen molar-refractivity contribution in [1.29, 1.82) is 0 Å². The fourth-order valence-electron chi connectivity index (χ4n) is 4.53. The number of amides is 2. The minimum absolute atomic E-state index is 0.0249. The lowest BCUT2D eigenvalue weighted by molar-refractivity contribution is -0.137. The number of piperazine rings is 1. The van der Waals surface area contributed by atoms with Gasteiger partial charge in [-0.25, -0.2) is 0 Å². The third kappa shape index (κ3) is 3.48. The zero-order chi connectivity index (χ0) is 18.9. The molecule has 1 aromatic rings. The van der Waals surface area contributed by atoms with Crippen LogP contribution >= 0.6 is 0 Å². The quantitative estimate of drug-likeness (QED) is 0.752. The first-order chi connectivity index (χ1) is 13.2. The van der Waals surface area contributed by atoms with E-state index in [-0.39, 0.29) is 23.3 Å². The molecule has 0 N–H and O–H groups in total. The molecule has 27 heavy (non-hydrogen) atoms. The lowest BCUT2D eigenvalue weighted by Crippen LogP contribution is -2.55. The van der Waals surface area contributed by atoms with Crippen molar-refractivity contribution in [3.8, 4) is 0 Å². The van der Waals surface area contributed by atoms with Gasteiger partial charge in [-0.3, -0.25) is 14.5 Å². The number of carbonyl (C=O) groups is 2. The third-order valence-electron chi connectivity index (χ3n) is 6.36. The molecule has 0 bridgehead atoms. The zero-order valence-corrected chi connectivity index (χ0v) is 16.1. The molecule has 1 aliphatic carbocycles. The first-order valence-electron chi connectivity index (χ1n) is 10.0. The van der Waals surface area contributed by atoms with Gasteiger partial charge in [-0.1, -0.05) is 30.3 Å². The lowest BCUT2D eigenvalue weighted by atomic mass is 9.94. The maximum absolute atomic E-state index is 13.2. The highest BCUT2D eigenvalue weighted by atomic mass is 16.5. The molecule has 1 unspecified atom stereocenters. The van der Waals surface area contributed by atoms with Crippen LogP contribution in [0.25, 0.3) is 0 Å². The molecule has 0 spiro atoms. The highest BCUT2D eigenvalue weighted by molar-refractivity contribution is 5.91. The number of hydrogen-bond acceptors (Lipinski definition) is 4. The highest BCUT2D eigenvalue weighted by Gasteiger charge is 2.53.